The number of hydrogen-bond donors (Lipinski definition) is 0. The molecule has 5 nitrogen and oxygen atoms in total. The molecule has 0 fully saturated rings. The number of carbonyl (C=O) groups excluding carboxylic acids is 1. The van der Waals surface area contributed by atoms with E-state index in [1.807, 2.05) is 39.0 Å². The van der Waals surface area contributed by atoms with Gasteiger partial charge in [0.25, 0.3) is 0 Å². The Kier molecular flexibility index (Phi) is 5.37. The number of benzene rings is 1. The minimum atomic E-state index is -0.351. The molecule has 23 heavy (non-hydrogen) atoms. The van der Waals surface area contributed by atoms with Crippen molar-refractivity contribution < 1.29 is 19.1 Å². The van der Waals surface area contributed by atoms with Crippen LogP contribution >= 0.6 is 15.9 Å². The molecule has 126 valence electrons. The van der Waals surface area contributed by atoms with Gasteiger partial charge in [-0.25, -0.2) is 4.79 Å². The zero-order chi connectivity index (χ0) is 17.2. The number of ether oxygens (including phenoxy) is 2. The fraction of sp³-hybridized carbons (Fsp3) is 0.471. The Balaban J connectivity index is 2.44. The molecule has 0 amide bonds. The quantitative estimate of drug-likeness (QED) is 0.740. The molecule has 6 heteroatoms. The standard InChI is InChI=1S/C17H22BrNO4/c1-6-22-16(20)12-10-19(17(2,3)4)23-15(12)11-7-8-13(18)14(9-11)21-5/h7-9H,6,10H2,1-5H3. The average Bonchev–Trinajstić information content (AvgIpc) is 2.93. The molecule has 0 radical (unpaired) electrons. The van der Waals surface area contributed by atoms with Crippen molar-refractivity contribution in [1.82, 2.24) is 5.06 Å². The van der Waals surface area contributed by atoms with Crippen molar-refractivity contribution in [2.45, 2.75) is 33.2 Å². The van der Waals surface area contributed by atoms with Crippen LogP contribution in [-0.4, -0.2) is 36.8 Å². The third-order valence-electron chi connectivity index (χ3n) is 3.46. The van der Waals surface area contributed by atoms with Gasteiger partial charge in [-0.1, -0.05) is 0 Å². The molecule has 0 bridgehead atoms. The number of carbonyl (C=O) groups is 1. The summed E-state index contributed by atoms with van der Waals surface area (Å²) in [5.41, 5.74) is 1.06. The van der Waals surface area contributed by atoms with Crippen molar-refractivity contribution in [3.63, 3.8) is 0 Å². The van der Waals surface area contributed by atoms with E-state index in [4.69, 9.17) is 14.3 Å². The summed E-state index contributed by atoms with van der Waals surface area (Å²) in [5, 5.41) is 1.78. The summed E-state index contributed by atoms with van der Waals surface area (Å²) in [7, 11) is 1.60. The lowest BCUT2D eigenvalue weighted by molar-refractivity contribution is -0.141. The van der Waals surface area contributed by atoms with Gasteiger partial charge in [-0.3, -0.25) is 0 Å². The zero-order valence-electron chi connectivity index (χ0n) is 14.1. The fourth-order valence-electron chi connectivity index (χ4n) is 2.19. The molecule has 0 saturated carbocycles. The Hall–Kier alpha value is -1.53. The van der Waals surface area contributed by atoms with Crippen molar-refractivity contribution >= 4 is 27.7 Å². The highest BCUT2D eigenvalue weighted by Crippen LogP contribution is 2.36. The summed E-state index contributed by atoms with van der Waals surface area (Å²) in [4.78, 5) is 18.3. The van der Waals surface area contributed by atoms with Gasteiger partial charge in [0.2, 0.25) is 0 Å². The van der Waals surface area contributed by atoms with Crippen LogP contribution in [-0.2, 0) is 14.4 Å². The number of halogens is 1. The smallest absolute Gasteiger partial charge is 0.339 e. The van der Waals surface area contributed by atoms with Crippen molar-refractivity contribution in [2.75, 3.05) is 20.3 Å². The molecule has 0 aromatic heterocycles. The Labute approximate surface area is 145 Å². The second kappa shape index (κ2) is 6.93. The highest BCUT2D eigenvalue weighted by Gasteiger charge is 2.36. The molecule has 1 heterocycles. The monoisotopic (exact) mass is 383 g/mol. The molecular weight excluding hydrogens is 362 g/mol. The van der Waals surface area contributed by atoms with Crippen LogP contribution in [0.25, 0.3) is 5.76 Å². The molecule has 1 aliphatic heterocycles. The van der Waals surface area contributed by atoms with Crippen LogP contribution in [0.4, 0.5) is 0 Å². The lowest BCUT2D eigenvalue weighted by Gasteiger charge is -2.30. The van der Waals surface area contributed by atoms with Crippen LogP contribution in [0.3, 0.4) is 0 Å². The Morgan fingerprint density at radius 1 is 1.39 bits per heavy atom. The summed E-state index contributed by atoms with van der Waals surface area (Å²) in [6.45, 7) is 8.59. The van der Waals surface area contributed by atoms with Crippen LogP contribution < -0.4 is 4.74 Å². The zero-order valence-corrected chi connectivity index (χ0v) is 15.7. The number of methoxy groups -OCH3 is 1. The topological polar surface area (TPSA) is 48.0 Å². The van der Waals surface area contributed by atoms with E-state index in [0.29, 0.717) is 30.2 Å². The SMILES string of the molecule is CCOC(=O)C1=C(c2ccc(Br)c(OC)c2)ON(C(C)(C)C)C1. The number of esters is 1. The summed E-state index contributed by atoms with van der Waals surface area (Å²) in [5.74, 6) is 0.844. The number of hydrogen-bond acceptors (Lipinski definition) is 5. The van der Waals surface area contributed by atoms with E-state index in [1.54, 1.807) is 19.1 Å². The van der Waals surface area contributed by atoms with Crippen LogP contribution in [0.1, 0.15) is 33.3 Å². The second-order valence-electron chi connectivity index (χ2n) is 6.18. The predicted molar refractivity (Wildman–Crippen MR) is 91.8 cm³/mol. The van der Waals surface area contributed by atoms with Crippen molar-refractivity contribution in [3.05, 3.63) is 33.8 Å². The van der Waals surface area contributed by atoms with E-state index in [1.165, 1.54) is 0 Å². The summed E-state index contributed by atoms with van der Waals surface area (Å²) in [6.07, 6.45) is 0. The minimum Gasteiger partial charge on any atom is -0.496 e. The maximum absolute atomic E-state index is 12.3. The molecule has 1 aromatic carbocycles. The maximum atomic E-state index is 12.3. The van der Waals surface area contributed by atoms with Crippen LogP contribution in [0.2, 0.25) is 0 Å². The van der Waals surface area contributed by atoms with Crippen LogP contribution in [0, 0.1) is 0 Å². The number of rotatable bonds is 4. The first kappa shape index (κ1) is 17.8. The summed E-state index contributed by atoms with van der Waals surface area (Å²) < 4.78 is 11.3. The minimum absolute atomic E-state index is 0.237. The lowest BCUT2D eigenvalue weighted by atomic mass is 10.1. The molecule has 0 spiro atoms. The molecule has 1 aromatic rings. The third kappa shape index (κ3) is 3.87. The summed E-state index contributed by atoms with van der Waals surface area (Å²) >= 11 is 3.43. The van der Waals surface area contributed by atoms with Gasteiger partial charge in [-0.2, -0.15) is 0 Å². The third-order valence-corrected chi connectivity index (χ3v) is 4.12. The van der Waals surface area contributed by atoms with Gasteiger partial charge < -0.3 is 14.3 Å². The van der Waals surface area contributed by atoms with E-state index in [9.17, 15) is 4.79 Å². The van der Waals surface area contributed by atoms with Crippen molar-refractivity contribution in [3.8, 4) is 5.75 Å². The van der Waals surface area contributed by atoms with Gasteiger partial charge >= 0.3 is 5.97 Å². The molecule has 0 aliphatic carbocycles. The highest BCUT2D eigenvalue weighted by atomic mass is 79.9. The van der Waals surface area contributed by atoms with E-state index in [2.05, 4.69) is 15.9 Å². The van der Waals surface area contributed by atoms with Gasteiger partial charge in [0, 0.05) is 11.1 Å². The average molecular weight is 384 g/mol. The lowest BCUT2D eigenvalue weighted by Crippen LogP contribution is -2.39. The molecule has 0 N–H and O–H groups in total. The van der Waals surface area contributed by atoms with Crippen molar-refractivity contribution in [2.24, 2.45) is 0 Å². The van der Waals surface area contributed by atoms with Gasteiger partial charge in [-0.05, 0) is 61.8 Å². The largest absolute Gasteiger partial charge is 0.496 e. The first-order valence-electron chi connectivity index (χ1n) is 7.47. The second-order valence-corrected chi connectivity index (χ2v) is 7.03. The molecule has 0 saturated heterocycles. The summed E-state index contributed by atoms with van der Waals surface area (Å²) in [6, 6.07) is 5.59. The highest BCUT2D eigenvalue weighted by molar-refractivity contribution is 9.10. The Morgan fingerprint density at radius 2 is 2.09 bits per heavy atom. The van der Waals surface area contributed by atoms with Gasteiger partial charge in [0.05, 0.1) is 30.3 Å². The maximum Gasteiger partial charge on any atom is 0.339 e. The first-order chi connectivity index (χ1) is 10.8. The molecular formula is C17H22BrNO4. The van der Waals surface area contributed by atoms with Crippen molar-refractivity contribution in [1.29, 1.82) is 0 Å². The van der Waals surface area contributed by atoms with Gasteiger partial charge in [-0.15, -0.1) is 5.06 Å². The first-order valence-corrected chi connectivity index (χ1v) is 8.27. The Morgan fingerprint density at radius 3 is 2.65 bits per heavy atom. The van der Waals surface area contributed by atoms with E-state index < -0.39 is 0 Å². The Bertz CT molecular complexity index is 634. The normalized spacial score (nSPS) is 15.6. The molecule has 0 atom stereocenters. The van der Waals surface area contributed by atoms with E-state index in [0.717, 1.165) is 10.0 Å². The van der Waals surface area contributed by atoms with Gasteiger partial charge in [0.1, 0.15) is 5.75 Å². The van der Waals surface area contributed by atoms with Crippen LogP contribution in [0.5, 0.6) is 5.75 Å². The molecule has 2 rings (SSSR count). The fourth-order valence-corrected chi connectivity index (χ4v) is 2.60. The molecule has 1 aliphatic rings. The molecule has 0 unspecified atom stereocenters. The van der Waals surface area contributed by atoms with E-state index >= 15 is 0 Å². The predicted octanol–water partition coefficient (Wildman–Crippen LogP) is 3.78. The van der Waals surface area contributed by atoms with E-state index in [-0.39, 0.29) is 11.5 Å². The number of hydroxylamine groups is 2. The number of nitrogens with zero attached hydrogens (tertiary/aromatic N) is 1. The van der Waals surface area contributed by atoms with Crippen LogP contribution in [0.15, 0.2) is 28.2 Å². The van der Waals surface area contributed by atoms with Gasteiger partial charge in [0.15, 0.2) is 5.76 Å².